The summed E-state index contributed by atoms with van der Waals surface area (Å²) in [6, 6.07) is 21.0. The molecule has 0 spiro atoms. The zero-order chi connectivity index (χ0) is 20.5. The van der Waals surface area contributed by atoms with Gasteiger partial charge in [0.2, 0.25) is 0 Å². The lowest BCUT2D eigenvalue weighted by Gasteiger charge is -2.17. The molecule has 0 aliphatic carbocycles. The van der Waals surface area contributed by atoms with E-state index in [9.17, 15) is 19.8 Å². The van der Waals surface area contributed by atoms with Crippen molar-refractivity contribution < 1.29 is 19.8 Å². The van der Waals surface area contributed by atoms with E-state index in [1.54, 1.807) is 42.5 Å². The summed E-state index contributed by atoms with van der Waals surface area (Å²) < 4.78 is 0. The second-order valence-electron chi connectivity index (χ2n) is 6.75. The van der Waals surface area contributed by atoms with Gasteiger partial charge in [0, 0.05) is 16.5 Å². The van der Waals surface area contributed by atoms with Crippen molar-refractivity contribution in [2.75, 3.05) is 0 Å². The predicted octanol–water partition coefficient (Wildman–Crippen LogP) is 5.27. The van der Waals surface area contributed by atoms with Gasteiger partial charge in [-0.15, -0.1) is 0 Å². The number of fused-ring (bicyclic) bond motifs is 1. The van der Waals surface area contributed by atoms with Gasteiger partial charge in [-0.25, -0.2) is 14.6 Å². The Balaban J connectivity index is 2.22. The number of benzene rings is 3. The molecule has 1 heterocycles. The van der Waals surface area contributed by atoms with Crippen LogP contribution in [0.25, 0.3) is 33.3 Å². The Morgan fingerprint density at radius 1 is 0.828 bits per heavy atom. The lowest BCUT2D eigenvalue weighted by molar-refractivity contribution is 0.0688. The largest absolute Gasteiger partial charge is 0.478 e. The van der Waals surface area contributed by atoms with Crippen molar-refractivity contribution in [1.82, 2.24) is 4.98 Å². The fourth-order valence-electron chi connectivity index (χ4n) is 3.56. The van der Waals surface area contributed by atoms with E-state index in [1.807, 2.05) is 31.2 Å². The van der Waals surface area contributed by atoms with Crippen molar-refractivity contribution in [3.8, 4) is 22.4 Å². The number of aryl methyl sites for hydroxylation is 1. The predicted molar refractivity (Wildman–Crippen MR) is 111 cm³/mol. The Morgan fingerprint density at radius 3 is 2.21 bits per heavy atom. The van der Waals surface area contributed by atoms with E-state index in [0.717, 1.165) is 5.56 Å². The number of nitrogens with zero attached hydrogens (tertiary/aromatic N) is 1. The highest BCUT2D eigenvalue weighted by Gasteiger charge is 2.24. The first kappa shape index (κ1) is 18.4. The third-order valence-electron chi connectivity index (χ3n) is 4.83. The van der Waals surface area contributed by atoms with Crippen LogP contribution >= 0.6 is 0 Å². The van der Waals surface area contributed by atoms with Gasteiger partial charge in [0.1, 0.15) is 0 Å². The van der Waals surface area contributed by atoms with Crippen LogP contribution in [0.3, 0.4) is 0 Å². The number of hydrogen-bond acceptors (Lipinski definition) is 3. The molecular formula is C24H17NO4. The molecule has 3 aromatic carbocycles. The Hall–Kier alpha value is -3.99. The Bertz CT molecular complexity index is 1260. The Labute approximate surface area is 166 Å². The standard InChI is InChI=1S/C24H17NO4/c1-14-11-12-19-18(13-14)21(24(28)29)20(15-7-3-2-4-8-15)22(25-19)16-9-5-6-10-17(16)23(26)27/h2-13H,1H3,(H,26,27)(H,28,29). The molecule has 0 bridgehead atoms. The lowest BCUT2D eigenvalue weighted by Crippen LogP contribution is -2.07. The molecule has 29 heavy (non-hydrogen) atoms. The van der Waals surface area contributed by atoms with Crippen LogP contribution in [0.15, 0.2) is 72.8 Å². The molecule has 4 aromatic rings. The first-order valence-electron chi connectivity index (χ1n) is 9.03. The van der Waals surface area contributed by atoms with Crippen LogP contribution in [0.5, 0.6) is 0 Å². The van der Waals surface area contributed by atoms with Gasteiger partial charge in [-0.3, -0.25) is 0 Å². The molecular weight excluding hydrogens is 366 g/mol. The molecule has 0 atom stereocenters. The highest BCUT2D eigenvalue weighted by atomic mass is 16.4. The maximum absolute atomic E-state index is 12.4. The Kier molecular flexibility index (Phi) is 4.56. The van der Waals surface area contributed by atoms with E-state index in [1.165, 1.54) is 6.07 Å². The molecule has 0 aliphatic rings. The van der Waals surface area contributed by atoms with Crippen molar-refractivity contribution in [2.24, 2.45) is 0 Å². The van der Waals surface area contributed by atoms with Crippen molar-refractivity contribution >= 4 is 22.8 Å². The van der Waals surface area contributed by atoms with Gasteiger partial charge in [-0.2, -0.15) is 0 Å². The third kappa shape index (κ3) is 3.23. The number of carbonyl (C=O) groups is 2. The Morgan fingerprint density at radius 2 is 1.52 bits per heavy atom. The normalized spacial score (nSPS) is 10.8. The number of hydrogen-bond donors (Lipinski definition) is 2. The maximum Gasteiger partial charge on any atom is 0.337 e. The summed E-state index contributed by atoms with van der Waals surface area (Å²) in [7, 11) is 0. The first-order valence-corrected chi connectivity index (χ1v) is 9.03. The minimum Gasteiger partial charge on any atom is -0.478 e. The maximum atomic E-state index is 12.4. The molecule has 2 N–H and O–H groups in total. The molecule has 0 unspecified atom stereocenters. The second kappa shape index (κ2) is 7.20. The minimum atomic E-state index is -1.10. The van der Waals surface area contributed by atoms with E-state index in [2.05, 4.69) is 0 Å². The zero-order valence-corrected chi connectivity index (χ0v) is 15.6. The van der Waals surface area contributed by atoms with Gasteiger partial charge in [-0.05, 0) is 30.7 Å². The van der Waals surface area contributed by atoms with Crippen LogP contribution < -0.4 is 0 Å². The molecule has 142 valence electrons. The number of aromatic nitrogens is 1. The molecule has 0 aliphatic heterocycles. The van der Waals surface area contributed by atoms with E-state index >= 15 is 0 Å². The zero-order valence-electron chi connectivity index (χ0n) is 15.6. The monoisotopic (exact) mass is 383 g/mol. The molecule has 0 radical (unpaired) electrons. The van der Waals surface area contributed by atoms with Crippen LogP contribution in [-0.4, -0.2) is 27.1 Å². The van der Waals surface area contributed by atoms with Gasteiger partial charge in [0.05, 0.1) is 22.3 Å². The number of aromatic carboxylic acids is 2. The molecule has 1 aromatic heterocycles. The van der Waals surface area contributed by atoms with Crippen LogP contribution in [0.1, 0.15) is 26.3 Å². The van der Waals surface area contributed by atoms with Gasteiger partial charge in [0.15, 0.2) is 0 Å². The number of rotatable bonds is 4. The summed E-state index contributed by atoms with van der Waals surface area (Å²) in [5.41, 5.74) is 3.38. The molecule has 0 amide bonds. The van der Waals surface area contributed by atoms with E-state index in [0.29, 0.717) is 33.3 Å². The topological polar surface area (TPSA) is 87.5 Å². The van der Waals surface area contributed by atoms with E-state index in [-0.39, 0.29) is 11.1 Å². The van der Waals surface area contributed by atoms with Gasteiger partial charge in [0.25, 0.3) is 0 Å². The summed E-state index contributed by atoms with van der Waals surface area (Å²) in [5.74, 6) is -2.18. The average molecular weight is 383 g/mol. The van der Waals surface area contributed by atoms with Crippen molar-refractivity contribution in [2.45, 2.75) is 6.92 Å². The fraction of sp³-hybridized carbons (Fsp3) is 0.0417. The van der Waals surface area contributed by atoms with Crippen LogP contribution in [0.2, 0.25) is 0 Å². The highest BCUT2D eigenvalue weighted by molar-refractivity contribution is 6.12. The number of pyridine rings is 1. The summed E-state index contributed by atoms with van der Waals surface area (Å²) in [6.45, 7) is 1.89. The average Bonchev–Trinajstić information content (AvgIpc) is 2.72. The van der Waals surface area contributed by atoms with Crippen LogP contribution in [0, 0.1) is 6.92 Å². The highest BCUT2D eigenvalue weighted by Crippen LogP contribution is 2.39. The second-order valence-corrected chi connectivity index (χ2v) is 6.75. The van der Waals surface area contributed by atoms with E-state index in [4.69, 9.17) is 4.98 Å². The summed E-state index contributed by atoms with van der Waals surface area (Å²) in [6.07, 6.45) is 0. The molecule has 0 fully saturated rings. The van der Waals surface area contributed by atoms with Gasteiger partial charge in [-0.1, -0.05) is 60.2 Å². The third-order valence-corrected chi connectivity index (χ3v) is 4.83. The molecule has 5 heteroatoms. The number of carboxylic acid groups (broad SMARTS) is 2. The molecule has 0 saturated carbocycles. The van der Waals surface area contributed by atoms with Crippen molar-refractivity contribution in [3.63, 3.8) is 0 Å². The first-order chi connectivity index (χ1) is 14.0. The van der Waals surface area contributed by atoms with Crippen LogP contribution in [-0.2, 0) is 0 Å². The quantitative estimate of drug-likeness (QED) is 0.501. The fourth-order valence-corrected chi connectivity index (χ4v) is 3.56. The van der Waals surface area contributed by atoms with E-state index < -0.39 is 11.9 Å². The molecule has 0 saturated heterocycles. The minimum absolute atomic E-state index is 0.0694. The van der Waals surface area contributed by atoms with Crippen molar-refractivity contribution in [1.29, 1.82) is 0 Å². The summed E-state index contributed by atoms with van der Waals surface area (Å²) in [5, 5.41) is 20.3. The van der Waals surface area contributed by atoms with Gasteiger partial charge >= 0.3 is 11.9 Å². The van der Waals surface area contributed by atoms with Crippen molar-refractivity contribution in [3.05, 3.63) is 89.5 Å². The lowest BCUT2D eigenvalue weighted by atomic mass is 9.90. The smallest absolute Gasteiger partial charge is 0.337 e. The summed E-state index contributed by atoms with van der Waals surface area (Å²) in [4.78, 5) is 28.9. The molecule has 5 nitrogen and oxygen atoms in total. The molecule has 4 rings (SSSR count). The van der Waals surface area contributed by atoms with Crippen LogP contribution in [0.4, 0.5) is 0 Å². The SMILES string of the molecule is Cc1ccc2nc(-c3ccccc3C(=O)O)c(-c3ccccc3)c(C(=O)O)c2c1. The van der Waals surface area contributed by atoms with Gasteiger partial charge < -0.3 is 10.2 Å². The summed E-state index contributed by atoms with van der Waals surface area (Å²) >= 11 is 0. The number of carboxylic acids is 2.